The lowest BCUT2D eigenvalue weighted by Crippen LogP contribution is -2.37. The number of hydrogen-bond acceptors (Lipinski definition) is 4. The second kappa shape index (κ2) is 9.79. The molecule has 0 atom stereocenters. The van der Waals surface area contributed by atoms with E-state index in [9.17, 15) is 0 Å². The van der Waals surface area contributed by atoms with Gasteiger partial charge in [0.05, 0.1) is 13.2 Å². The number of anilines is 1. The van der Waals surface area contributed by atoms with Crippen LogP contribution in [0, 0.1) is 0 Å². The second-order valence-electron chi connectivity index (χ2n) is 6.14. The number of nitrogens with two attached hydrogens (primary N) is 1. The number of nitrogens with one attached hydrogen (secondary N) is 1. The summed E-state index contributed by atoms with van der Waals surface area (Å²) in [5.41, 5.74) is 6.85. The van der Waals surface area contributed by atoms with Gasteiger partial charge in [0, 0.05) is 37.9 Å². The van der Waals surface area contributed by atoms with Crippen LogP contribution in [0.4, 0.5) is 5.69 Å². The zero-order chi connectivity index (χ0) is 18.0. The van der Waals surface area contributed by atoms with Crippen molar-refractivity contribution in [3.05, 3.63) is 54.6 Å². The maximum absolute atomic E-state index is 5.99. The van der Waals surface area contributed by atoms with Gasteiger partial charge in [-0.2, -0.15) is 0 Å². The first-order valence-corrected chi connectivity index (χ1v) is 8.99. The Morgan fingerprint density at radius 1 is 1.08 bits per heavy atom. The highest BCUT2D eigenvalue weighted by atomic mass is 16.5. The van der Waals surface area contributed by atoms with Crippen LogP contribution in [0.15, 0.2) is 59.6 Å². The normalized spacial score (nSPS) is 15.6. The first-order chi connectivity index (χ1) is 12.8. The van der Waals surface area contributed by atoms with E-state index in [2.05, 4.69) is 15.2 Å². The Labute approximate surface area is 154 Å². The molecule has 0 bridgehead atoms. The van der Waals surface area contributed by atoms with Gasteiger partial charge in [-0.3, -0.25) is 9.89 Å². The third kappa shape index (κ3) is 6.06. The fourth-order valence-corrected chi connectivity index (χ4v) is 2.77. The zero-order valence-corrected chi connectivity index (χ0v) is 14.9. The van der Waals surface area contributed by atoms with Crippen molar-refractivity contribution >= 4 is 11.6 Å². The Bertz CT molecular complexity index is 700. The van der Waals surface area contributed by atoms with Crippen molar-refractivity contribution in [2.45, 2.75) is 6.42 Å². The number of nitrogens with zero attached hydrogens (tertiary/aromatic N) is 2. The lowest BCUT2D eigenvalue weighted by Gasteiger charge is -2.26. The predicted molar refractivity (Wildman–Crippen MR) is 105 cm³/mol. The maximum atomic E-state index is 5.99. The van der Waals surface area contributed by atoms with Crippen molar-refractivity contribution in [2.24, 2.45) is 10.7 Å². The van der Waals surface area contributed by atoms with E-state index in [0.717, 1.165) is 56.5 Å². The van der Waals surface area contributed by atoms with E-state index in [4.69, 9.17) is 15.2 Å². The Morgan fingerprint density at radius 3 is 2.65 bits per heavy atom. The quantitative estimate of drug-likeness (QED) is 0.454. The SMILES string of the molecule is NC(=NCCCN1CCOCC1)Nc1cccc(Oc2ccccc2)c1. The van der Waals surface area contributed by atoms with Crippen LogP contribution in [0.5, 0.6) is 11.5 Å². The molecule has 0 amide bonds. The van der Waals surface area contributed by atoms with Gasteiger partial charge in [-0.1, -0.05) is 24.3 Å². The molecule has 1 saturated heterocycles. The molecule has 1 aliphatic heterocycles. The van der Waals surface area contributed by atoms with Crippen molar-refractivity contribution in [1.82, 2.24) is 4.90 Å². The summed E-state index contributed by atoms with van der Waals surface area (Å²) in [5.74, 6) is 1.97. The molecule has 1 heterocycles. The number of aliphatic imine (C=N–C) groups is 1. The molecule has 3 N–H and O–H groups in total. The molecule has 6 heteroatoms. The van der Waals surface area contributed by atoms with Crippen molar-refractivity contribution in [3.63, 3.8) is 0 Å². The molecular weight excluding hydrogens is 328 g/mol. The molecule has 0 aromatic heterocycles. The summed E-state index contributed by atoms with van der Waals surface area (Å²) in [5, 5.41) is 3.12. The topological polar surface area (TPSA) is 72.1 Å². The molecule has 3 rings (SSSR count). The monoisotopic (exact) mass is 354 g/mol. The molecular formula is C20H26N4O2. The zero-order valence-electron chi connectivity index (χ0n) is 14.9. The number of ether oxygens (including phenoxy) is 2. The number of para-hydroxylation sites is 1. The summed E-state index contributed by atoms with van der Waals surface area (Å²) in [4.78, 5) is 6.80. The van der Waals surface area contributed by atoms with Crippen molar-refractivity contribution in [1.29, 1.82) is 0 Å². The minimum Gasteiger partial charge on any atom is -0.457 e. The summed E-state index contributed by atoms with van der Waals surface area (Å²) in [6.07, 6.45) is 0.986. The smallest absolute Gasteiger partial charge is 0.193 e. The van der Waals surface area contributed by atoms with Crippen LogP contribution in [0.2, 0.25) is 0 Å². The van der Waals surface area contributed by atoms with Gasteiger partial charge in [-0.25, -0.2) is 0 Å². The fourth-order valence-electron chi connectivity index (χ4n) is 2.77. The number of morpholine rings is 1. The molecule has 0 saturated carbocycles. The number of guanidine groups is 1. The third-order valence-corrected chi connectivity index (χ3v) is 4.10. The first kappa shape index (κ1) is 18.2. The van der Waals surface area contributed by atoms with Gasteiger partial charge in [0.1, 0.15) is 11.5 Å². The summed E-state index contributed by atoms with van der Waals surface area (Å²) in [7, 11) is 0. The second-order valence-corrected chi connectivity index (χ2v) is 6.14. The van der Waals surface area contributed by atoms with Crippen LogP contribution in [-0.4, -0.2) is 50.3 Å². The van der Waals surface area contributed by atoms with Gasteiger partial charge < -0.3 is 20.5 Å². The molecule has 0 spiro atoms. The highest BCUT2D eigenvalue weighted by Crippen LogP contribution is 2.23. The van der Waals surface area contributed by atoms with Gasteiger partial charge in [0.2, 0.25) is 0 Å². The van der Waals surface area contributed by atoms with Crippen LogP contribution in [0.1, 0.15) is 6.42 Å². The molecule has 2 aromatic rings. The maximum Gasteiger partial charge on any atom is 0.193 e. The van der Waals surface area contributed by atoms with E-state index in [1.54, 1.807) is 0 Å². The molecule has 1 fully saturated rings. The summed E-state index contributed by atoms with van der Waals surface area (Å²) >= 11 is 0. The molecule has 138 valence electrons. The summed E-state index contributed by atoms with van der Waals surface area (Å²) in [6, 6.07) is 17.4. The van der Waals surface area contributed by atoms with Gasteiger partial charge >= 0.3 is 0 Å². The molecule has 6 nitrogen and oxygen atoms in total. The number of rotatable bonds is 7. The lowest BCUT2D eigenvalue weighted by atomic mass is 10.3. The van der Waals surface area contributed by atoms with Crippen LogP contribution in [0.3, 0.4) is 0 Å². The largest absolute Gasteiger partial charge is 0.457 e. The van der Waals surface area contributed by atoms with E-state index in [0.29, 0.717) is 12.5 Å². The van der Waals surface area contributed by atoms with E-state index < -0.39 is 0 Å². The predicted octanol–water partition coefficient (Wildman–Crippen LogP) is 2.93. The Kier molecular flexibility index (Phi) is 6.87. The van der Waals surface area contributed by atoms with Crippen LogP contribution < -0.4 is 15.8 Å². The van der Waals surface area contributed by atoms with Crippen LogP contribution in [0.25, 0.3) is 0 Å². The minimum absolute atomic E-state index is 0.420. The molecule has 0 radical (unpaired) electrons. The lowest BCUT2D eigenvalue weighted by molar-refractivity contribution is 0.0377. The molecule has 1 aliphatic rings. The first-order valence-electron chi connectivity index (χ1n) is 8.99. The van der Waals surface area contributed by atoms with Gasteiger partial charge in [-0.05, 0) is 30.7 Å². The minimum atomic E-state index is 0.420. The Morgan fingerprint density at radius 2 is 1.85 bits per heavy atom. The summed E-state index contributed by atoms with van der Waals surface area (Å²) < 4.78 is 11.2. The van der Waals surface area contributed by atoms with Gasteiger partial charge in [0.25, 0.3) is 0 Å². The van der Waals surface area contributed by atoms with Crippen molar-refractivity contribution in [2.75, 3.05) is 44.7 Å². The molecule has 0 unspecified atom stereocenters. The molecule has 2 aromatic carbocycles. The van der Waals surface area contributed by atoms with Gasteiger partial charge in [0.15, 0.2) is 5.96 Å². The van der Waals surface area contributed by atoms with Crippen LogP contribution in [-0.2, 0) is 4.74 Å². The number of benzene rings is 2. The third-order valence-electron chi connectivity index (χ3n) is 4.10. The van der Waals surface area contributed by atoms with E-state index >= 15 is 0 Å². The van der Waals surface area contributed by atoms with Gasteiger partial charge in [-0.15, -0.1) is 0 Å². The van der Waals surface area contributed by atoms with E-state index in [1.165, 1.54) is 0 Å². The van der Waals surface area contributed by atoms with E-state index in [-0.39, 0.29) is 0 Å². The average molecular weight is 354 g/mol. The average Bonchev–Trinajstić information content (AvgIpc) is 2.67. The number of hydrogen-bond donors (Lipinski definition) is 2. The fraction of sp³-hybridized carbons (Fsp3) is 0.350. The highest BCUT2D eigenvalue weighted by molar-refractivity contribution is 5.92. The van der Waals surface area contributed by atoms with Crippen molar-refractivity contribution < 1.29 is 9.47 Å². The van der Waals surface area contributed by atoms with Crippen molar-refractivity contribution in [3.8, 4) is 11.5 Å². The van der Waals surface area contributed by atoms with Crippen LogP contribution >= 0.6 is 0 Å². The molecule has 0 aliphatic carbocycles. The molecule has 26 heavy (non-hydrogen) atoms. The highest BCUT2D eigenvalue weighted by Gasteiger charge is 2.08. The van der Waals surface area contributed by atoms with E-state index in [1.807, 2.05) is 54.6 Å². The Balaban J connectivity index is 1.45. The Hall–Kier alpha value is -2.57. The standard InChI is InChI=1S/C20H26N4O2/c21-20(22-10-5-11-24-12-14-25-15-13-24)23-17-6-4-9-19(16-17)26-18-7-2-1-3-8-18/h1-4,6-9,16H,5,10-15H2,(H3,21,22,23). The summed E-state index contributed by atoms with van der Waals surface area (Å²) in [6.45, 7) is 5.40.